The molecule has 14 heavy (non-hydrogen) atoms. The monoisotopic (exact) mass is 194 g/mol. The first-order valence-electron chi connectivity index (χ1n) is 5.49. The molecule has 0 atom stereocenters. The highest BCUT2D eigenvalue weighted by Crippen LogP contribution is 2.32. The van der Waals surface area contributed by atoms with Gasteiger partial charge >= 0.3 is 0 Å². The summed E-state index contributed by atoms with van der Waals surface area (Å²) in [5, 5.41) is 0. The smallest absolute Gasteiger partial charge is 0.194 e. The third-order valence-corrected chi connectivity index (χ3v) is 3.05. The van der Waals surface area contributed by atoms with E-state index < -0.39 is 0 Å². The number of nitrogens with zero attached hydrogens (tertiary/aromatic N) is 1. The molecule has 0 amide bonds. The van der Waals surface area contributed by atoms with Crippen molar-refractivity contribution in [3.63, 3.8) is 0 Å². The zero-order valence-electron chi connectivity index (χ0n) is 8.70. The van der Waals surface area contributed by atoms with Gasteiger partial charge in [-0.25, -0.2) is 4.98 Å². The molecule has 1 heterocycles. The predicted octanol–water partition coefficient (Wildman–Crippen LogP) is 2.22. The molecule has 0 unspecified atom stereocenters. The Morgan fingerprint density at radius 3 is 2.71 bits per heavy atom. The molecule has 1 aromatic heterocycles. The van der Waals surface area contributed by atoms with Crippen LogP contribution in [0.5, 0.6) is 0 Å². The van der Waals surface area contributed by atoms with Crippen LogP contribution in [0.2, 0.25) is 0 Å². The fourth-order valence-electron chi connectivity index (χ4n) is 2.08. The van der Waals surface area contributed by atoms with Gasteiger partial charge in [0, 0.05) is 18.4 Å². The zero-order chi connectivity index (χ0) is 9.97. The van der Waals surface area contributed by atoms with E-state index in [0.29, 0.717) is 12.0 Å². The van der Waals surface area contributed by atoms with Gasteiger partial charge in [0.2, 0.25) is 0 Å². The van der Waals surface area contributed by atoms with Crippen LogP contribution in [0.15, 0.2) is 10.6 Å². The van der Waals surface area contributed by atoms with Gasteiger partial charge < -0.3 is 10.2 Å². The topological polar surface area (TPSA) is 52.0 Å². The van der Waals surface area contributed by atoms with Crippen LogP contribution < -0.4 is 5.73 Å². The van der Waals surface area contributed by atoms with Gasteiger partial charge in [0.1, 0.15) is 5.76 Å². The Balaban J connectivity index is 2.01. The lowest BCUT2D eigenvalue weighted by Gasteiger charge is -2.23. The van der Waals surface area contributed by atoms with E-state index in [2.05, 4.69) is 11.9 Å². The van der Waals surface area contributed by atoms with Crippen molar-refractivity contribution in [1.82, 2.24) is 4.98 Å². The molecule has 0 saturated heterocycles. The molecule has 2 rings (SSSR count). The van der Waals surface area contributed by atoms with Crippen molar-refractivity contribution in [2.45, 2.75) is 51.0 Å². The van der Waals surface area contributed by atoms with E-state index in [4.69, 9.17) is 10.2 Å². The third-order valence-electron chi connectivity index (χ3n) is 3.05. The maximum absolute atomic E-state index is 5.86. The molecule has 3 nitrogen and oxygen atoms in total. The van der Waals surface area contributed by atoms with Crippen LogP contribution in [0.3, 0.4) is 0 Å². The molecule has 0 radical (unpaired) electrons. The summed E-state index contributed by atoms with van der Waals surface area (Å²) in [6.45, 7) is 2.06. The van der Waals surface area contributed by atoms with E-state index in [1.54, 1.807) is 0 Å². The van der Waals surface area contributed by atoms with Crippen LogP contribution in [0.4, 0.5) is 0 Å². The molecule has 1 saturated carbocycles. The second-order valence-electron chi connectivity index (χ2n) is 4.12. The maximum Gasteiger partial charge on any atom is 0.194 e. The van der Waals surface area contributed by atoms with Crippen LogP contribution in [0, 0.1) is 0 Å². The number of nitrogens with two attached hydrogens (primary N) is 1. The highest BCUT2D eigenvalue weighted by molar-refractivity contribution is 5.03. The quantitative estimate of drug-likeness (QED) is 0.785. The Morgan fingerprint density at radius 1 is 1.43 bits per heavy atom. The molecule has 2 N–H and O–H groups in total. The van der Waals surface area contributed by atoms with Gasteiger partial charge in [-0.15, -0.1) is 0 Å². The minimum absolute atomic E-state index is 0.403. The van der Waals surface area contributed by atoms with Gasteiger partial charge in [0.05, 0.1) is 6.20 Å². The highest BCUT2D eigenvalue weighted by Gasteiger charge is 2.22. The molecule has 0 bridgehead atoms. The zero-order valence-corrected chi connectivity index (χ0v) is 8.70. The lowest BCUT2D eigenvalue weighted by Crippen LogP contribution is -2.25. The van der Waals surface area contributed by atoms with E-state index >= 15 is 0 Å². The van der Waals surface area contributed by atoms with Crippen molar-refractivity contribution in [3.8, 4) is 0 Å². The minimum Gasteiger partial charge on any atom is -0.445 e. The van der Waals surface area contributed by atoms with Crippen molar-refractivity contribution in [2.75, 3.05) is 0 Å². The molecule has 1 aromatic rings. The van der Waals surface area contributed by atoms with Crippen LogP contribution in [-0.2, 0) is 6.42 Å². The first kappa shape index (κ1) is 9.71. The predicted molar refractivity (Wildman–Crippen MR) is 55.1 cm³/mol. The largest absolute Gasteiger partial charge is 0.445 e. The fraction of sp³-hybridized carbons (Fsp3) is 0.727. The second kappa shape index (κ2) is 4.13. The second-order valence-corrected chi connectivity index (χ2v) is 4.12. The van der Waals surface area contributed by atoms with Gasteiger partial charge in [0.15, 0.2) is 5.89 Å². The van der Waals surface area contributed by atoms with Crippen LogP contribution in [0.1, 0.15) is 50.2 Å². The van der Waals surface area contributed by atoms with E-state index in [9.17, 15) is 0 Å². The number of rotatable bonds is 2. The van der Waals surface area contributed by atoms with E-state index in [0.717, 1.165) is 43.8 Å². The molecule has 0 aromatic carbocycles. The number of hydrogen-bond acceptors (Lipinski definition) is 3. The van der Waals surface area contributed by atoms with E-state index in [-0.39, 0.29) is 0 Å². The lowest BCUT2D eigenvalue weighted by molar-refractivity contribution is 0.339. The Labute approximate surface area is 84.7 Å². The van der Waals surface area contributed by atoms with Crippen LogP contribution in [-0.4, -0.2) is 11.0 Å². The van der Waals surface area contributed by atoms with E-state index in [1.807, 2.05) is 6.20 Å². The molecule has 1 fully saturated rings. The number of aromatic nitrogens is 1. The van der Waals surface area contributed by atoms with Crippen molar-refractivity contribution >= 4 is 0 Å². The molecule has 0 aliphatic heterocycles. The summed E-state index contributed by atoms with van der Waals surface area (Å²) in [5.41, 5.74) is 5.86. The lowest BCUT2D eigenvalue weighted by atomic mass is 9.85. The Bertz CT molecular complexity index is 287. The van der Waals surface area contributed by atoms with Gasteiger partial charge in [0.25, 0.3) is 0 Å². The average molecular weight is 194 g/mol. The normalized spacial score (nSPS) is 27.9. The number of aryl methyl sites for hydroxylation is 1. The Morgan fingerprint density at radius 2 is 2.14 bits per heavy atom. The third kappa shape index (κ3) is 1.98. The summed E-state index contributed by atoms with van der Waals surface area (Å²) in [7, 11) is 0. The van der Waals surface area contributed by atoms with Crippen LogP contribution in [0.25, 0.3) is 0 Å². The van der Waals surface area contributed by atoms with Crippen molar-refractivity contribution in [3.05, 3.63) is 17.8 Å². The van der Waals surface area contributed by atoms with E-state index in [1.165, 1.54) is 0 Å². The summed E-state index contributed by atoms with van der Waals surface area (Å²) in [4.78, 5) is 4.23. The highest BCUT2D eigenvalue weighted by atomic mass is 16.4. The number of hydrogen-bond donors (Lipinski definition) is 1. The summed E-state index contributed by atoms with van der Waals surface area (Å²) in [6, 6.07) is 0.403. The summed E-state index contributed by atoms with van der Waals surface area (Å²) >= 11 is 0. The Hall–Kier alpha value is -0.830. The summed E-state index contributed by atoms with van der Waals surface area (Å²) in [5.74, 6) is 2.48. The molecule has 3 heteroatoms. The van der Waals surface area contributed by atoms with Gasteiger partial charge in [-0.3, -0.25) is 0 Å². The van der Waals surface area contributed by atoms with Gasteiger partial charge in [-0.1, -0.05) is 6.92 Å². The fourth-order valence-corrected chi connectivity index (χ4v) is 2.08. The molecular formula is C11H18N2O. The first-order chi connectivity index (χ1) is 6.79. The van der Waals surface area contributed by atoms with Crippen molar-refractivity contribution < 1.29 is 4.42 Å². The summed E-state index contributed by atoms with van der Waals surface area (Å²) < 4.78 is 5.66. The standard InChI is InChI=1S/C11H18N2O/c1-2-11-13-7-10(14-11)8-3-5-9(12)6-4-8/h7-9H,2-6,12H2,1H3. The molecular weight excluding hydrogens is 176 g/mol. The number of oxazole rings is 1. The van der Waals surface area contributed by atoms with Gasteiger partial charge in [-0.05, 0) is 25.7 Å². The average Bonchev–Trinajstić information content (AvgIpc) is 2.67. The molecule has 78 valence electrons. The summed E-state index contributed by atoms with van der Waals surface area (Å²) in [6.07, 6.45) is 7.31. The molecule has 1 aliphatic carbocycles. The van der Waals surface area contributed by atoms with Crippen molar-refractivity contribution in [2.24, 2.45) is 5.73 Å². The minimum atomic E-state index is 0.403. The first-order valence-corrected chi connectivity index (χ1v) is 5.49. The maximum atomic E-state index is 5.86. The Kier molecular flexibility index (Phi) is 2.87. The van der Waals surface area contributed by atoms with Crippen molar-refractivity contribution in [1.29, 1.82) is 0 Å². The SMILES string of the molecule is CCc1ncc(C2CCC(N)CC2)o1. The van der Waals surface area contributed by atoms with Crippen LogP contribution >= 0.6 is 0 Å². The molecule has 1 aliphatic rings. The van der Waals surface area contributed by atoms with Gasteiger partial charge in [-0.2, -0.15) is 0 Å². The molecule has 0 spiro atoms.